The third kappa shape index (κ3) is 2.49. The molecule has 0 saturated heterocycles. The van der Waals surface area contributed by atoms with Crippen LogP contribution in [0.4, 0.5) is 0 Å². The summed E-state index contributed by atoms with van der Waals surface area (Å²) in [5, 5.41) is 2.45. The van der Waals surface area contributed by atoms with E-state index in [1.165, 1.54) is 28.1 Å². The van der Waals surface area contributed by atoms with E-state index in [2.05, 4.69) is 90.6 Å². The van der Waals surface area contributed by atoms with Gasteiger partial charge in [0.05, 0.1) is 11.4 Å². The lowest BCUT2D eigenvalue weighted by Gasteiger charge is -2.16. The average Bonchev–Trinajstić information content (AvgIpc) is 2.99. The highest BCUT2D eigenvalue weighted by Crippen LogP contribution is 2.27. The van der Waals surface area contributed by atoms with Crippen LogP contribution >= 0.6 is 0 Å². The molecule has 0 aliphatic carbocycles. The van der Waals surface area contributed by atoms with Crippen molar-refractivity contribution in [2.75, 3.05) is 0 Å². The van der Waals surface area contributed by atoms with E-state index in [0.29, 0.717) is 12.0 Å². The van der Waals surface area contributed by atoms with Crippen LogP contribution in [0.3, 0.4) is 0 Å². The van der Waals surface area contributed by atoms with Gasteiger partial charge in [0.25, 0.3) is 0 Å². The van der Waals surface area contributed by atoms with Gasteiger partial charge in [0.1, 0.15) is 6.54 Å². The van der Waals surface area contributed by atoms with Crippen molar-refractivity contribution in [3.8, 4) is 5.69 Å². The minimum Gasteiger partial charge on any atom is -0.331 e. The Morgan fingerprint density at radius 2 is 1.74 bits per heavy atom. The number of para-hydroxylation sites is 1. The van der Waals surface area contributed by atoms with Gasteiger partial charge < -0.3 is 9.88 Å². The Hall–Kier alpha value is -2.32. The predicted octanol–water partition coefficient (Wildman–Crippen LogP) is 3.77. The highest BCUT2D eigenvalue weighted by molar-refractivity contribution is 5.45. The number of benzene rings is 2. The van der Waals surface area contributed by atoms with Crippen molar-refractivity contribution in [1.82, 2.24) is 4.57 Å². The number of quaternary nitrogens is 1. The molecule has 1 aliphatic heterocycles. The monoisotopic (exact) mass is 303 g/mol. The van der Waals surface area contributed by atoms with Crippen LogP contribution in [0.1, 0.15) is 48.2 Å². The minimum atomic E-state index is 0.346. The molecule has 1 atom stereocenters. The zero-order valence-corrected chi connectivity index (χ0v) is 13.7. The zero-order chi connectivity index (χ0) is 15.8. The van der Waals surface area contributed by atoms with Gasteiger partial charge in [0, 0.05) is 17.3 Å². The second-order valence-electron chi connectivity index (χ2n) is 6.67. The summed E-state index contributed by atoms with van der Waals surface area (Å²) in [6.07, 6.45) is 2.18. The predicted molar refractivity (Wildman–Crippen MR) is 93.8 cm³/mol. The third-order valence-electron chi connectivity index (χ3n) is 4.89. The van der Waals surface area contributed by atoms with Crippen LogP contribution in [0, 0.1) is 0 Å². The summed E-state index contributed by atoms with van der Waals surface area (Å²) in [5.74, 6) is 0.579. The fraction of sp³-hybridized carbons (Fsp3) is 0.238. The Balaban J connectivity index is 1.77. The van der Waals surface area contributed by atoms with Crippen molar-refractivity contribution in [2.24, 2.45) is 0 Å². The molecule has 2 aromatic carbocycles. The van der Waals surface area contributed by atoms with Gasteiger partial charge in [-0.25, -0.2) is 0 Å². The molecule has 0 radical (unpaired) electrons. The van der Waals surface area contributed by atoms with Crippen molar-refractivity contribution in [1.29, 1.82) is 0 Å². The molecule has 1 unspecified atom stereocenters. The van der Waals surface area contributed by atoms with E-state index in [-0.39, 0.29) is 0 Å². The molecule has 0 amide bonds. The van der Waals surface area contributed by atoms with E-state index in [1.807, 2.05) is 0 Å². The maximum Gasteiger partial charge on any atom is 0.153 e. The molecule has 2 nitrogen and oxygen atoms in total. The molecule has 116 valence electrons. The fourth-order valence-corrected chi connectivity index (χ4v) is 3.55. The van der Waals surface area contributed by atoms with E-state index < -0.39 is 0 Å². The molecule has 23 heavy (non-hydrogen) atoms. The van der Waals surface area contributed by atoms with E-state index in [0.717, 1.165) is 6.54 Å². The summed E-state index contributed by atoms with van der Waals surface area (Å²) in [7, 11) is 0. The minimum absolute atomic E-state index is 0.346. The molecule has 2 N–H and O–H groups in total. The SMILES string of the molecule is CC(C)c1ccc(C2[NH2+]Cc3ccccc3-n3cccc32)cc1. The lowest BCUT2D eigenvalue weighted by atomic mass is 9.98. The molecule has 3 aromatic rings. The van der Waals surface area contributed by atoms with Crippen molar-refractivity contribution < 1.29 is 5.32 Å². The third-order valence-corrected chi connectivity index (χ3v) is 4.89. The van der Waals surface area contributed by atoms with Gasteiger partial charge in [-0.1, -0.05) is 56.3 Å². The molecule has 2 heterocycles. The summed E-state index contributed by atoms with van der Waals surface area (Å²) < 4.78 is 2.35. The second-order valence-corrected chi connectivity index (χ2v) is 6.67. The maximum atomic E-state index is 2.45. The van der Waals surface area contributed by atoms with Crippen molar-refractivity contribution in [3.63, 3.8) is 0 Å². The van der Waals surface area contributed by atoms with Crippen LogP contribution in [0.15, 0.2) is 66.9 Å². The summed E-state index contributed by atoms with van der Waals surface area (Å²) in [5.41, 5.74) is 6.84. The Bertz CT molecular complexity index is 812. The van der Waals surface area contributed by atoms with Crippen molar-refractivity contribution >= 4 is 0 Å². The molecule has 1 aromatic heterocycles. The number of fused-ring (bicyclic) bond motifs is 3. The Labute approximate surface area is 137 Å². The fourth-order valence-electron chi connectivity index (χ4n) is 3.55. The van der Waals surface area contributed by atoms with E-state index in [1.54, 1.807) is 0 Å². The van der Waals surface area contributed by atoms with Gasteiger partial charge in [0.15, 0.2) is 6.04 Å². The van der Waals surface area contributed by atoms with E-state index in [4.69, 9.17) is 0 Å². The quantitative estimate of drug-likeness (QED) is 0.744. The smallest absolute Gasteiger partial charge is 0.153 e. The largest absolute Gasteiger partial charge is 0.331 e. The van der Waals surface area contributed by atoms with E-state index in [9.17, 15) is 0 Å². The molecular formula is C21H23N2+. The van der Waals surface area contributed by atoms with Crippen molar-refractivity contribution in [2.45, 2.75) is 32.4 Å². The molecule has 0 fully saturated rings. The second kappa shape index (κ2) is 5.71. The van der Waals surface area contributed by atoms with Gasteiger partial charge >= 0.3 is 0 Å². The molecule has 4 rings (SSSR count). The van der Waals surface area contributed by atoms with Crippen LogP contribution in [0.2, 0.25) is 0 Å². The Morgan fingerprint density at radius 3 is 2.52 bits per heavy atom. The number of hydrogen-bond acceptors (Lipinski definition) is 0. The Kier molecular flexibility index (Phi) is 3.55. The topological polar surface area (TPSA) is 21.5 Å². The van der Waals surface area contributed by atoms with Crippen LogP contribution in [0.5, 0.6) is 0 Å². The molecule has 2 heteroatoms. The van der Waals surface area contributed by atoms with Crippen LogP contribution in [0.25, 0.3) is 5.69 Å². The van der Waals surface area contributed by atoms with Crippen molar-refractivity contribution in [3.05, 3.63) is 89.2 Å². The summed E-state index contributed by atoms with van der Waals surface area (Å²) >= 11 is 0. The number of rotatable bonds is 2. The number of nitrogens with zero attached hydrogens (tertiary/aromatic N) is 1. The first-order valence-corrected chi connectivity index (χ1v) is 8.43. The highest BCUT2D eigenvalue weighted by Gasteiger charge is 2.25. The first-order chi connectivity index (χ1) is 11.2. The highest BCUT2D eigenvalue weighted by atomic mass is 15.1. The van der Waals surface area contributed by atoms with Gasteiger partial charge in [-0.05, 0) is 29.7 Å². The average molecular weight is 303 g/mol. The maximum absolute atomic E-state index is 2.45. The van der Waals surface area contributed by atoms with Gasteiger partial charge in [-0.3, -0.25) is 0 Å². The first kappa shape index (κ1) is 14.3. The standard InChI is InChI=1S/C21H22N2/c1-15(2)16-9-11-17(12-10-16)21-20-8-5-13-23(20)19-7-4-3-6-18(19)14-22-21/h3-13,15,21-22H,14H2,1-2H3/p+1. The van der Waals surface area contributed by atoms with Gasteiger partial charge in [-0.15, -0.1) is 0 Å². The molecule has 1 aliphatic rings. The summed E-state index contributed by atoms with van der Waals surface area (Å²) in [4.78, 5) is 0. The first-order valence-electron chi connectivity index (χ1n) is 8.43. The number of nitrogens with two attached hydrogens (primary N) is 1. The molecular weight excluding hydrogens is 280 g/mol. The van der Waals surface area contributed by atoms with E-state index >= 15 is 0 Å². The van der Waals surface area contributed by atoms with Gasteiger partial charge in [-0.2, -0.15) is 0 Å². The summed E-state index contributed by atoms with van der Waals surface area (Å²) in [6, 6.07) is 22.6. The van der Waals surface area contributed by atoms with Crippen LogP contribution in [-0.2, 0) is 6.54 Å². The lowest BCUT2D eigenvalue weighted by molar-refractivity contribution is -0.702. The molecule has 0 spiro atoms. The van der Waals surface area contributed by atoms with Gasteiger partial charge in [0.2, 0.25) is 0 Å². The summed E-state index contributed by atoms with van der Waals surface area (Å²) in [6.45, 7) is 5.50. The zero-order valence-electron chi connectivity index (χ0n) is 13.7. The van der Waals surface area contributed by atoms with Crippen LogP contribution < -0.4 is 5.32 Å². The molecule has 0 saturated carbocycles. The van der Waals surface area contributed by atoms with Crippen LogP contribution in [-0.4, -0.2) is 4.57 Å². The number of aromatic nitrogens is 1. The number of hydrogen-bond donors (Lipinski definition) is 1. The lowest BCUT2D eigenvalue weighted by Crippen LogP contribution is -2.83. The molecule has 0 bridgehead atoms. The normalized spacial score (nSPS) is 16.7. The Morgan fingerprint density at radius 1 is 0.957 bits per heavy atom.